The second-order valence-corrected chi connectivity index (χ2v) is 5.19. The zero-order valence-electron chi connectivity index (χ0n) is 10.7. The highest BCUT2D eigenvalue weighted by Crippen LogP contribution is 2.22. The Bertz CT molecular complexity index is 526. The minimum absolute atomic E-state index is 0.293. The lowest BCUT2D eigenvalue weighted by Gasteiger charge is -2.04. The third kappa shape index (κ3) is 4.75. The molecule has 0 aliphatic carbocycles. The molecule has 0 aliphatic heterocycles. The van der Waals surface area contributed by atoms with Crippen LogP contribution < -0.4 is 4.74 Å². The molecule has 1 aromatic heterocycles. The zero-order chi connectivity index (χ0) is 13.5. The quantitative estimate of drug-likeness (QED) is 0.476. The van der Waals surface area contributed by atoms with Gasteiger partial charge in [0.2, 0.25) is 0 Å². The van der Waals surface area contributed by atoms with E-state index in [2.05, 4.69) is 4.98 Å². The Morgan fingerprint density at radius 1 is 1.16 bits per heavy atom. The number of nitrogens with zero attached hydrogens (tertiary/aromatic N) is 1. The largest absolute Gasteiger partial charge is 0.427 e. The molecule has 0 aliphatic rings. The van der Waals surface area contributed by atoms with Gasteiger partial charge in [-0.2, -0.15) is 0 Å². The highest BCUT2D eigenvalue weighted by atomic mass is 32.2. The number of rotatable bonds is 5. The van der Waals surface area contributed by atoms with E-state index < -0.39 is 0 Å². The number of ether oxygens (including phenoxy) is 1. The first-order valence-corrected chi connectivity index (χ1v) is 7.03. The van der Waals surface area contributed by atoms with Crippen molar-refractivity contribution in [2.24, 2.45) is 0 Å². The van der Waals surface area contributed by atoms with Crippen molar-refractivity contribution < 1.29 is 9.53 Å². The number of esters is 1. The second kappa shape index (κ2) is 6.95. The van der Waals surface area contributed by atoms with E-state index in [-0.39, 0.29) is 5.97 Å². The summed E-state index contributed by atoms with van der Waals surface area (Å²) in [5.41, 5.74) is 1.29. The minimum atomic E-state index is -0.293. The van der Waals surface area contributed by atoms with Gasteiger partial charge in [-0.05, 0) is 48.4 Å². The topological polar surface area (TPSA) is 39.2 Å². The summed E-state index contributed by atoms with van der Waals surface area (Å²) in [5.74, 6) is 1.31. The molecule has 0 N–H and O–H groups in total. The van der Waals surface area contributed by atoms with Crippen LogP contribution in [0.1, 0.15) is 12.5 Å². The van der Waals surface area contributed by atoms with E-state index in [9.17, 15) is 4.79 Å². The van der Waals surface area contributed by atoms with Crippen molar-refractivity contribution in [3.63, 3.8) is 0 Å². The third-order valence-corrected chi connectivity index (χ3v) is 3.51. The number of hydrogen-bond donors (Lipinski definition) is 0. The van der Waals surface area contributed by atoms with Crippen molar-refractivity contribution in [1.29, 1.82) is 0 Å². The van der Waals surface area contributed by atoms with Gasteiger partial charge in [-0.3, -0.25) is 9.78 Å². The van der Waals surface area contributed by atoms with E-state index in [4.69, 9.17) is 4.74 Å². The molecule has 1 aromatic carbocycles. The van der Waals surface area contributed by atoms with Gasteiger partial charge >= 0.3 is 5.97 Å². The van der Waals surface area contributed by atoms with Gasteiger partial charge in [0.15, 0.2) is 0 Å². The Morgan fingerprint density at radius 2 is 1.84 bits per heavy atom. The lowest BCUT2D eigenvalue weighted by molar-refractivity contribution is -0.131. The van der Waals surface area contributed by atoms with E-state index >= 15 is 0 Å². The first kappa shape index (κ1) is 13.6. The Hall–Kier alpha value is -1.81. The highest BCUT2D eigenvalue weighted by molar-refractivity contribution is 7.99. The first-order chi connectivity index (χ1) is 9.24. The number of carbonyl (C=O) groups is 1. The van der Waals surface area contributed by atoms with Gasteiger partial charge in [-0.1, -0.05) is 0 Å². The van der Waals surface area contributed by atoms with Crippen molar-refractivity contribution in [1.82, 2.24) is 4.98 Å². The first-order valence-electron chi connectivity index (χ1n) is 6.04. The van der Waals surface area contributed by atoms with E-state index in [0.29, 0.717) is 5.75 Å². The average molecular weight is 273 g/mol. The number of aromatic nitrogens is 1. The molecule has 0 amide bonds. The van der Waals surface area contributed by atoms with Crippen molar-refractivity contribution in [2.75, 3.05) is 5.75 Å². The molecule has 0 spiro atoms. The summed E-state index contributed by atoms with van der Waals surface area (Å²) < 4.78 is 4.99. The fourth-order valence-corrected chi connectivity index (χ4v) is 2.51. The van der Waals surface area contributed by atoms with Gasteiger partial charge in [0.1, 0.15) is 5.75 Å². The van der Waals surface area contributed by atoms with Crippen LogP contribution in [0.25, 0.3) is 0 Å². The van der Waals surface area contributed by atoms with Gasteiger partial charge in [-0.15, -0.1) is 11.8 Å². The van der Waals surface area contributed by atoms with E-state index in [1.54, 1.807) is 11.8 Å². The molecule has 2 aromatic rings. The summed E-state index contributed by atoms with van der Waals surface area (Å²) in [6.07, 6.45) is 4.64. The van der Waals surface area contributed by atoms with Crippen LogP contribution in [0.5, 0.6) is 5.75 Å². The molecule has 4 heteroatoms. The number of benzene rings is 1. The standard InChI is InChI=1S/C15H15NO2S/c1-12(17)18-14-2-4-15(5-3-14)19-11-8-13-6-9-16-10-7-13/h2-7,9-10H,8,11H2,1H3. The maximum atomic E-state index is 10.8. The molecular formula is C15H15NO2S. The molecule has 19 heavy (non-hydrogen) atoms. The Balaban J connectivity index is 1.81. The van der Waals surface area contributed by atoms with E-state index in [0.717, 1.165) is 12.2 Å². The van der Waals surface area contributed by atoms with Crippen molar-refractivity contribution in [2.45, 2.75) is 18.2 Å². The molecule has 0 bridgehead atoms. The van der Waals surface area contributed by atoms with Crippen molar-refractivity contribution in [3.8, 4) is 5.75 Å². The maximum Gasteiger partial charge on any atom is 0.308 e. The van der Waals surface area contributed by atoms with Gasteiger partial charge < -0.3 is 4.74 Å². The van der Waals surface area contributed by atoms with Crippen LogP contribution in [0.2, 0.25) is 0 Å². The second-order valence-electron chi connectivity index (χ2n) is 4.02. The molecular weight excluding hydrogens is 258 g/mol. The van der Waals surface area contributed by atoms with Crippen LogP contribution in [-0.4, -0.2) is 16.7 Å². The number of hydrogen-bond acceptors (Lipinski definition) is 4. The van der Waals surface area contributed by atoms with Crippen LogP contribution in [0.4, 0.5) is 0 Å². The number of aryl methyl sites for hydroxylation is 1. The van der Waals surface area contributed by atoms with Gasteiger partial charge in [0, 0.05) is 30.0 Å². The Kier molecular flexibility index (Phi) is 4.98. The molecule has 3 nitrogen and oxygen atoms in total. The smallest absolute Gasteiger partial charge is 0.308 e. The average Bonchev–Trinajstić information content (AvgIpc) is 2.41. The summed E-state index contributed by atoms with van der Waals surface area (Å²) in [5, 5.41) is 0. The fourth-order valence-electron chi connectivity index (χ4n) is 1.61. The maximum absolute atomic E-state index is 10.8. The van der Waals surface area contributed by atoms with Gasteiger partial charge in [0.05, 0.1) is 0 Å². The number of carbonyl (C=O) groups excluding carboxylic acids is 1. The fraction of sp³-hybridized carbons (Fsp3) is 0.200. The molecule has 1 heterocycles. The number of thioether (sulfide) groups is 1. The Labute approximate surface area is 117 Å². The summed E-state index contributed by atoms with van der Waals surface area (Å²) in [6, 6.07) is 11.6. The van der Waals surface area contributed by atoms with Crippen molar-refractivity contribution >= 4 is 17.7 Å². The van der Waals surface area contributed by atoms with Crippen LogP contribution in [0, 0.1) is 0 Å². The Morgan fingerprint density at radius 3 is 2.47 bits per heavy atom. The lowest BCUT2D eigenvalue weighted by atomic mass is 10.2. The normalized spacial score (nSPS) is 10.2. The summed E-state index contributed by atoms with van der Waals surface area (Å²) >= 11 is 1.78. The summed E-state index contributed by atoms with van der Waals surface area (Å²) in [7, 11) is 0. The molecule has 0 saturated heterocycles. The van der Waals surface area contributed by atoms with Crippen LogP contribution >= 0.6 is 11.8 Å². The minimum Gasteiger partial charge on any atom is -0.427 e. The summed E-state index contributed by atoms with van der Waals surface area (Å²) in [4.78, 5) is 16.0. The molecule has 98 valence electrons. The monoisotopic (exact) mass is 273 g/mol. The molecule has 2 rings (SSSR count). The van der Waals surface area contributed by atoms with Gasteiger partial charge in [0.25, 0.3) is 0 Å². The molecule has 0 saturated carbocycles. The highest BCUT2D eigenvalue weighted by Gasteiger charge is 1.99. The van der Waals surface area contributed by atoms with Gasteiger partial charge in [-0.25, -0.2) is 0 Å². The molecule has 0 radical (unpaired) electrons. The van der Waals surface area contributed by atoms with Crippen LogP contribution in [-0.2, 0) is 11.2 Å². The molecule has 0 atom stereocenters. The lowest BCUT2D eigenvalue weighted by Crippen LogP contribution is -2.00. The SMILES string of the molecule is CC(=O)Oc1ccc(SCCc2ccncc2)cc1. The zero-order valence-corrected chi connectivity index (χ0v) is 11.5. The van der Waals surface area contributed by atoms with E-state index in [1.165, 1.54) is 17.4 Å². The predicted octanol–water partition coefficient (Wildman–Crippen LogP) is 3.34. The molecule has 0 fully saturated rings. The van der Waals surface area contributed by atoms with Crippen molar-refractivity contribution in [3.05, 3.63) is 54.4 Å². The number of pyridine rings is 1. The van der Waals surface area contributed by atoms with Crippen LogP contribution in [0.15, 0.2) is 53.7 Å². The predicted molar refractivity (Wildman–Crippen MR) is 76.4 cm³/mol. The molecule has 0 unspecified atom stereocenters. The third-order valence-electron chi connectivity index (χ3n) is 2.49. The van der Waals surface area contributed by atoms with E-state index in [1.807, 2.05) is 48.8 Å². The van der Waals surface area contributed by atoms with Crippen LogP contribution in [0.3, 0.4) is 0 Å². The summed E-state index contributed by atoms with van der Waals surface area (Å²) in [6.45, 7) is 1.40.